The lowest BCUT2D eigenvalue weighted by molar-refractivity contribution is 0.675. The van der Waals surface area contributed by atoms with Gasteiger partial charge in [-0.15, -0.1) is 0 Å². The molecule has 0 amide bonds. The molecule has 20 heavy (non-hydrogen) atoms. The molecule has 1 nitrogen and oxygen atoms in total. The van der Waals surface area contributed by atoms with E-state index in [9.17, 15) is 0 Å². The third kappa shape index (κ3) is 3.41. The average Bonchev–Trinajstić information content (AvgIpc) is 2.41. The molecule has 1 aromatic rings. The van der Waals surface area contributed by atoms with Crippen LogP contribution in [0.4, 0.5) is 0 Å². The second kappa shape index (κ2) is 6.60. The van der Waals surface area contributed by atoms with Crippen LogP contribution in [-0.2, 0) is 0 Å². The van der Waals surface area contributed by atoms with Crippen molar-refractivity contribution < 1.29 is 0 Å². The van der Waals surface area contributed by atoms with E-state index in [0.717, 1.165) is 12.0 Å². The van der Waals surface area contributed by atoms with Gasteiger partial charge < -0.3 is 5.32 Å². The van der Waals surface area contributed by atoms with Crippen molar-refractivity contribution in [2.75, 3.05) is 7.05 Å². The van der Waals surface area contributed by atoms with Crippen LogP contribution in [0.3, 0.4) is 0 Å². The summed E-state index contributed by atoms with van der Waals surface area (Å²) in [5.41, 5.74) is 7.88. The highest BCUT2D eigenvalue weighted by atomic mass is 14.8. The van der Waals surface area contributed by atoms with E-state index >= 15 is 0 Å². The maximum Gasteiger partial charge on any atom is 0.00278 e. The van der Waals surface area contributed by atoms with Crippen LogP contribution in [0.5, 0.6) is 0 Å². The fourth-order valence-electron chi connectivity index (χ4n) is 2.92. The highest BCUT2D eigenvalue weighted by molar-refractivity contribution is 5.76. The van der Waals surface area contributed by atoms with Crippen molar-refractivity contribution in [1.82, 2.24) is 5.32 Å². The molecular formula is C19H25N. The van der Waals surface area contributed by atoms with E-state index in [0.29, 0.717) is 0 Å². The van der Waals surface area contributed by atoms with Crippen molar-refractivity contribution in [3.8, 4) is 0 Å². The van der Waals surface area contributed by atoms with Gasteiger partial charge in [0.15, 0.2) is 0 Å². The fourth-order valence-corrected chi connectivity index (χ4v) is 2.92. The molecule has 1 aliphatic rings. The highest BCUT2D eigenvalue weighted by Crippen LogP contribution is 2.31. The minimum Gasteiger partial charge on any atom is -0.394 e. The molecule has 0 spiro atoms. The van der Waals surface area contributed by atoms with Gasteiger partial charge in [0.2, 0.25) is 0 Å². The van der Waals surface area contributed by atoms with Crippen LogP contribution < -0.4 is 5.32 Å². The molecule has 0 unspecified atom stereocenters. The quantitative estimate of drug-likeness (QED) is 0.819. The first-order valence-electron chi connectivity index (χ1n) is 7.45. The van der Waals surface area contributed by atoms with Crippen molar-refractivity contribution >= 4 is 5.57 Å². The molecule has 0 heterocycles. The summed E-state index contributed by atoms with van der Waals surface area (Å²) in [6.07, 6.45) is 9.33. The van der Waals surface area contributed by atoms with E-state index in [1.165, 1.54) is 47.1 Å². The van der Waals surface area contributed by atoms with Gasteiger partial charge >= 0.3 is 0 Å². The molecule has 0 aliphatic heterocycles. The zero-order valence-corrected chi connectivity index (χ0v) is 12.9. The summed E-state index contributed by atoms with van der Waals surface area (Å²) >= 11 is 0. The van der Waals surface area contributed by atoms with Gasteiger partial charge in [-0.25, -0.2) is 0 Å². The molecule has 2 rings (SSSR count). The van der Waals surface area contributed by atoms with Crippen LogP contribution in [0.15, 0.2) is 48.2 Å². The maximum absolute atomic E-state index is 4.28. The lowest BCUT2D eigenvalue weighted by Gasteiger charge is -2.19. The summed E-state index contributed by atoms with van der Waals surface area (Å²) in [5.74, 6) is 0. The van der Waals surface area contributed by atoms with Crippen LogP contribution >= 0.6 is 0 Å². The summed E-state index contributed by atoms with van der Waals surface area (Å²) in [4.78, 5) is 0. The van der Waals surface area contributed by atoms with Crippen molar-refractivity contribution in [2.24, 2.45) is 0 Å². The van der Waals surface area contributed by atoms with Crippen molar-refractivity contribution in [3.63, 3.8) is 0 Å². The Kier molecular flexibility index (Phi) is 4.84. The Morgan fingerprint density at radius 1 is 1.15 bits per heavy atom. The predicted octanol–water partition coefficient (Wildman–Crippen LogP) is 4.92. The monoisotopic (exact) mass is 267 g/mol. The SMILES string of the molecule is C=C(/C=C1/CCCC/C1=C/NC)c1ccc(C)cc1C. The van der Waals surface area contributed by atoms with E-state index in [1.54, 1.807) is 0 Å². The minimum absolute atomic E-state index is 1.13. The Morgan fingerprint density at radius 2 is 1.85 bits per heavy atom. The summed E-state index contributed by atoms with van der Waals surface area (Å²) in [6, 6.07) is 6.58. The number of benzene rings is 1. The fraction of sp³-hybridized carbons (Fsp3) is 0.368. The van der Waals surface area contributed by atoms with Crippen LogP contribution in [-0.4, -0.2) is 7.05 Å². The van der Waals surface area contributed by atoms with E-state index in [4.69, 9.17) is 0 Å². The molecule has 0 radical (unpaired) electrons. The van der Waals surface area contributed by atoms with Crippen LogP contribution in [0.25, 0.3) is 5.57 Å². The second-order valence-corrected chi connectivity index (χ2v) is 5.68. The van der Waals surface area contributed by atoms with Gasteiger partial charge in [-0.05, 0) is 73.6 Å². The predicted molar refractivity (Wildman–Crippen MR) is 88.6 cm³/mol. The molecule has 1 aliphatic carbocycles. The Labute approximate surface area is 123 Å². The van der Waals surface area contributed by atoms with Crippen molar-refractivity contribution in [2.45, 2.75) is 39.5 Å². The molecule has 1 saturated carbocycles. The molecule has 106 valence electrons. The third-order valence-corrected chi connectivity index (χ3v) is 3.95. The minimum atomic E-state index is 1.13. The average molecular weight is 267 g/mol. The number of rotatable bonds is 3. The van der Waals surface area contributed by atoms with Crippen LogP contribution in [0.1, 0.15) is 42.4 Å². The van der Waals surface area contributed by atoms with Crippen LogP contribution in [0, 0.1) is 13.8 Å². The third-order valence-electron chi connectivity index (χ3n) is 3.95. The van der Waals surface area contributed by atoms with Gasteiger partial charge in [-0.3, -0.25) is 0 Å². The normalized spacial score (nSPS) is 19.4. The summed E-state index contributed by atoms with van der Waals surface area (Å²) in [6.45, 7) is 8.58. The molecule has 0 atom stereocenters. The van der Waals surface area contributed by atoms with Gasteiger partial charge in [0.05, 0.1) is 0 Å². The lowest BCUT2D eigenvalue weighted by atomic mass is 9.87. The Balaban J connectivity index is 2.28. The number of hydrogen-bond acceptors (Lipinski definition) is 1. The molecule has 1 aromatic carbocycles. The molecular weight excluding hydrogens is 242 g/mol. The van der Waals surface area contributed by atoms with E-state index < -0.39 is 0 Å². The molecule has 0 aromatic heterocycles. The van der Waals surface area contributed by atoms with E-state index in [1.807, 2.05) is 7.05 Å². The van der Waals surface area contributed by atoms with Crippen molar-refractivity contribution in [3.05, 3.63) is 64.9 Å². The Bertz CT molecular complexity index is 561. The highest BCUT2D eigenvalue weighted by Gasteiger charge is 2.12. The number of nitrogens with one attached hydrogen (secondary N) is 1. The largest absolute Gasteiger partial charge is 0.394 e. The molecule has 1 heteroatoms. The topological polar surface area (TPSA) is 12.0 Å². The smallest absolute Gasteiger partial charge is 0.00278 e. The van der Waals surface area contributed by atoms with E-state index in [2.05, 4.69) is 56.2 Å². The van der Waals surface area contributed by atoms with E-state index in [-0.39, 0.29) is 0 Å². The van der Waals surface area contributed by atoms with Crippen molar-refractivity contribution in [1.29, 1.82) is 0 Å². The molecule has 0 bridgehead atoms. The Morgan fingerprint density at radius 3 is 2.50 bits per heavy atom. The molecule has 1 N–H and O–H groups in total. The van der Waals surface area contributed by atoms with Gasteiger partial charge in [0.25, 0.3) is 0 Å². The van der Waals surface area contributed by atoms with Crippen LogP contribution in [0.2, 0.25) is 0 Å². The molecule has 0 saturated heterocycles. The number of hydrogen-bond donors (Lipinski definition) is 1. The number of allylic oxidation sites excluding steroid dienone is 4. The number of aryl methyl sites for hydroxylation is 2. The van der Waals surface area contributed by atoms with Gasteiger partial charge in [-0.2, -0.15) is 0 Å². The first kappa shape index (κ1) is 14.6. The zero-order valence-electron chi connectivity index (χ0n) is 12.9. The first-order valence-corrected chi connectivity index (χ1v) is 7.45. The standard InChI is InChI=1S/C19H25N/c1-14-9-10-19(15(2)11-14)16(3)12-17-7-5-6-8-18(17)13-20-4/h9-13,20H,3,5-8H2,1-2,4H3/b17-12-,18-13-. The van der Waals surface area contributed by atoms with Gasteiger partial charge in [-0.1, -0.05) is 36.4 Å². The lowest BCUT2D eigenvalue weighted by Crippen LogP contribution is -2.04. The second-order valence-electron chi connectivity index (χ2n) is 5.68. The summed E-state index contributed by atoms with van der Waals surface area (Å²) < 4.78 is 0. The molecule has 1 fully saturated rings. The summed E-state index contributed by atoms with van der Waals surface area (Å²) in [5, 5.41) is 3.17. The maximum atomic E-state index is 4.28. The zero-order chi connectivity index (χ0) is 14.5. The summed E-state index contributed by atoms with van der Waals surface area (Å²) in [7, 11) is 1.97. The Hall–Kier alpha value is -1.76. The first-order chi connectivity index (χ1) is 9.61. The van der Waals surface area contributed by atoms with Gasteiger partial charge in [0.1, 0.15) is 0 Å². The van der Waals surface area contributed by atoms with Gasteiger partial charge in [0, 0.05) is 7.05 Å².